The number of piperidine rings is 1. The number of hydrogen-bond acceptors (Lipinski definition) is 4. The van der Waals surface area contributed by atoms with E-state index in [1.54, 1.807) is 0 Å². The SMILES string of the molecule is Cc1ccc(-c2nnc(CCC(=O)N3CCC(Cc4ccccc4)CC3)c(=O)[nH]2)cc1. The van der Waals surface area contributed by atoms with E-state index in [0.717, 1.165) is 43.5 Å². The highest BCUT2D eigenvalue weighted by Gasteiger charge is 2.23. The van der Waals surface area contributed by atoms with Gasteiger partial charge in [0.25, 0.3) is 5.56 Å². The Kier molecular flexibility index (Phi) is 6.55. The molecule has 6 heteroatoms. The van der Waals surface area contributed by atoms with Crippen LogP contribution in [0.1, 0.15) is 36.1 Å². The second-order valence-electron chi connectivity index (χ2n) is 8.33. The first-order chi connectivity index (χ1) is 15.1. The molecule has 2 aromatic carbocycles. The first kappa shape index (κ1) is 21.0. The van der Waals surface area contributed by atoms with Crippen molar-refractivity contribution < 1.29 is 4.79 Å². The molecule has 0 unspecified atom stereocenters. The Morgan fingerprint density at radius 3 is 2.42 bits per heavy atom. The number of amides is 1. The molecule has 1 aliphatic rings. The number of benzene rings is 2. The van der Waals surface area contributed by atoms with Gasteiger partial charge in [-0.1, -0.05) is 60.2 Å². The molecular weight excluding hydrogens is 388 g/mol. The van der Waals surface area contributed by atoms with E-state index in [0.29, 0.717) is 23.9 Å². The zero-order chi connectivity index (χ0) is 21.6. The highest BCUT2D eigenvalue weighted by Crippen LogP contribution is 2.22. The molecule has 0 saturated carbocycles. The van der Waals surface area contributed by atoms with E-state index in [4.69, 9.17) is 0 Å². The quantitative estimate of drug-likeness (QED) is 0.666. The van der Waals surface area contributed by atoms with E-state index in [-0.39, 0.29) is 17.9 Å². The molecule has 1 aromatic heterocycles. The molecule has 2 heterocycles. The molecule has 0 spiro atoms. The van der Waals surface area contributed by atoms with Crippen LogP contribution in [0.4, 0.5) is 0 Å². The second-order valence-corrected chi connectivity index (χ2v) is 8.33. The van der Waals surface area contributed by atoms with E-state index in [2.05, 4.69) is 39.4 Å². The standard InChI is InChI=1S/C25H28N4O2/c1-18-7-9-21(10-8-18)24-26-25(31)22(27-28-24)11-12-23(30)29-15-13-20(14-16-29)17-19-5-3-2-4-6-19/h2-10,20H,11-17H2,1H3,(H,26,28,31). The lowest BCUT2D eigenvalue weighted by Gasteiger charge is -2.32. The van der Waals surface area contributed by atoms with Gasteiger partial charge in [0.1, 0.15) is 5.69 Å². The first-order valence-corrected chi connectivity index (χ1v) is 10.9. The topological polar surface area (TPSA) is 79.0 Å². The van der Waals surface area contributed by atoms with Gasteiger partial charge in [-0.05, 0) is 37.7 Å². The van der Waals surface area contributed by atoms with Crippen LogP contribution in [0.25, 0.3) is 11.4 Å². The van der Waals surface area contributed by atoms with Gasteiger partial charge in [0, 0.05) is 31.5 Å². The molecule has 0 atom stereocenters. The highest BCUT2D eigenvalue weighted by molar-refractivity contribution is 5.76. The molecule has 1 saturated heterocycles. The van der Waals surface area contributed by atoms with Crippen molar-refractivity contribution >= 4 is 5.91 Å². The Morgan fingerprint density at radius 1 is 1.03 bits per heavy atom. The predicted molar refractivity (Wildman–Crippen MR) is 121 cm³/mol. The summed E-state index contributed by atoms with van der Waals surface area (Å²) in [5.41, 5.74) is 3.34. The van der Waals surface area contributed by atoms with Crippen LogP contribution in [0.2, 0.25) is 0 Å². The van der Waals surface area contributed by atoms with Crippen LogP contribution < -0.4 is 5.56 Å². The fourth-order valence-electron chi connectivity index (χ4n) is 4.08. The molecule has 1 aliphatic heterocycles. The number of likely N-dealkylation sites (tertiary alicyclic amines) is 1. The van der Waals surface area contributed by atoms with Crippen LogP contribution >= 0.6 is 0 Å². The monoisotopic (exact) mass is 416 g/mol. The Balaban J connectivity index is 1.28. The van der Waals surface area contributed by atoms with Crippen molar-refractivity contribution in [3.05, 3.63) is 81.8 Å². The lowest BCUT2D eigenvalue weighted by molar-refractivity contribution is -0.132. The third-order valence-corrected chi connectivity index (χ3v) is 6.00. The van der Waals surface area contributed by atoms with Crippen molar-refractivity contribution in [2.75, 3.05) is 13.1 Å². The number of aromatic amines is 1. The number of nitrogens with zero attached hydrogens (tertiary/aromatic N) is 3. The number of rotatable bonds is 6. The number of aromatic nitrogens is 3. The van der Waals surface area contributed by atoms with E-state index in [9.17, 15) is 9.59 Å². The molecule has 3 aromatic rings. The van der Waals surface area contributed by atoms with E-state index in [1.807, 2.05) is 42.2 Å². The number of carbonyl (C=O) groups excluding carboxylic acids is 1. The zero-order valence-corrected chi connectivity index (χ0v) is 17.9. The Bertz CT molecular complexity index is 1070. The lowest BCUT2D eigenvalue weighted by atomic mass is 9.90. The first-order valence-electron chi connectivity index (χ1n) is 10.9. The Hall–Kier alpha value is -3.28. The van der Waals surface area contributed by atoms with Crippen molar-refractivity contribution in [1.29, 1.82) is 0 Å². The van der Waals surface area contributed by atoms with Gasteiger partial charge in [0.15, 0.2) is 5.82 Å². The summed E-state index contributed by atoms with van der Waals surface area (Å²) in [6, 6.07) is 18.3. The summed E-state index contributed by atoms with van der Waals surface area (Å²) < 4.78 is 0. The summed E-state index contributed by atoms with van der Waals surface area (Å²) in [6.07, 6.45) is 3.70. The molecule has 6 nitrogen and oxygen atoms in total. The fourth-order valence-corrected chi connectivity index (χ4v) is 4.08. The molecule has 160 valence electrons. The molecule has 1 fully saturated rings. The fraction of sp³-hybridized carbons (Fsp3) is 0.360. The number of nitrogens with one attached hydrogen (secondary N) is 1. The van der Waals surface area contributed by atoms with E-state index in [1.165, 1.54) is 5.56 Å². The molecular formula is C25H28N4O2. The molecule has 1 N–H and O–H groups in total. The van der Waals surface area contributed by atoms with Crippen molar-refractivity contribution in [2.24, 2.45) is 5.92 Å². The van der Waals surface area contributed by atoms with Crippen molar-refractivity contribution in [2.45, 2.75) is 39.0 Å². The average molecular weight is 417 g/mol. The van der Waals surface area contributed by atoms with Gasteiger partial charge in [-0.3, -0.25) is 9.59 Å². The van der Waals surface area contributed by atoms with Gasteiger partial charge < -0.3 is 9.88 Å². The number of aryl methyl sites for hydroxylation is 2. The Labute approximate surface area is 182 Å². The number of carbonyl (C=O) groups is 1. The normalized spacial score (nSPS) is 14.5. The van der Waals surface area contributed by atoms with Crippen LogP contribution in [-0.4, -0.2) is 39.1 Å². The smallest absolute Gasteiger partial charge is 0.273 e. The summed E-state index contributed by atoms with van der Waals surface area (Å²) in [5.74, 6) is 1.15. The maximum Gasteiger partial charge on any atom is 0.273 e. The summed E-state index contributed by atoms with van der Waals surface area (Å²) in [7, 11) is 0. The van der Waals surface area contributed by atoms with Crippen molar-refractivity contribution in [3.8, 4) is 11.4 Å². The second kappa shape index (κ2) is 9.69. The minimum absolute atomic E-state index is 0.0852. The van der Waals surface area contributed by atoms with Gasteiger partial charge >= 0.3 is 0 Å². The minimum atomic E-state index is -0.278. The van der Waals surface area contributed by atoms with Crippen LogP contribution in [0.15, 0.2) is 59.4 Å². The molecule has 4 rings (SSSR count). The van der Waals surface area contributed by atoms with Gasteiger partial charge in [-0.25, -0.2) is 0 Å². The van der Waals surface area contributed by atoms with Gasteiger partial charge in [-0.2, -0.15) is 0 Å². The largest absolute Gasteiger partial charge is 0.343 e. The number of H-pyrrole nitrogens is 1. The predicted octanol–water partition coefficient (Wildman–Crippen LogP) is 3.55. The summed E-state index contributed by atoms with van der Waals surface area (Å²) in [6.45, 7) is 3.57. The third kappa shape index (κ3) is 5.45. The van der Waals surface area contributed by atoms with Crippen LogP contribution in [0.3, 0.4) is 0 Å². The van der Waals surface area contributed by atoms with Gasteiger partial charge in [0.2, 0.25) is 5.91 Å². The lowest BCUT2D eigenvalue weighted by Crippen LogP contribution is -2.39. The van der Waals surface area contributed by atoms with Gasteiger partial charge in [0.05, 0.1) is 0 Å². The third-order valence-electron chi connectivity index (χ3n) is 6.00. The molecule has 1 amide bonds. The average Bonchev–Trinajstić information content (AvgIpc) is 2.80. The zero-order valence-electron chi connectivity index (χ0n) is 17.9. The maximum atomic E-state index is 12.6. The van der Waals surface area contributed by atoms with E-state index < -0.39 is 0 Å². The van der Waals surface area contributed by atoms with Crippen LogP contribution in [0.5, 0.6) is 0 Å². The van der Waals surface area contributed by atoms with E-state index >= 15 is 0 Å². The Morgan fingerprint density at radius 2 is 1.74 bits per heavy atom. The van der Waals surface area contributed by atoms with Crippen LogP contribution in [0, 0.1) is 12.8 Å². The highest BCUT2D eigenvalue weighted by atomic mass is 16.2. The molecule has 31 heavy (non-hydrogen) atoms. The van der Waals surface area contributed by atoms with Crippen molar-refractivity contribution in [3.63, 3.8) is 0 Å². The molecule has 0 radical (unpaired) electrons. The summed E-state index contributed by atoms with van der Waals surface area (Å²) >= 11 is 0. The molecule has 0 bridgehead atoms. The van der Waals surface area contributed by atoms with Crippen LogP contribution in [-0.2, 0) is 17.6 Å². The minimum Gasteiger partial charge on any atom is -0.343 e. The number of hydrogen-bond donors (Lipinski definition) is 1. The van der Waals surface area contributed by atoms with Crippen molar-refractivity contribution in [1.82, 2.24) is 20.1 Å². The maximum absolute atomic E-state index is 12.6. The van der Waals surface area contributed by atoms with Gasteiger partial charge in [-0.15, -0.1) is 10.2 Å². The summed E-state index contributed by atoms with van der Waals surface area (Å²) in [5, 5.41) is 8.24. The molecule has 0 aliphatic carbocycles. The summed E-state index contributed by atoms with van der Waals surface area (Å²) in [4.78, 5) is 29.7.